The fourth-order valence-corrected chi connectivity index (χ4v) is 4.11. The van der Waals surface area contributed by atoms with Crippen molar-refractivity contribution in [2.45, 2.75) is 29.1 Å². The SMILES string of the molecule is NC(=O)N(C1CCc2ccccc2C1)S(=O)(=O)OCC(Cl)(Cl)Cl. The molecule has 0 saturated carbocycles. The molecule has 2 N–H and O–H groups in total. The maximum absolute atomic E-state index is 12.3. The highest BCUT2D eigenvalue weighted by Crippen LogP contribution is 2.29. The van der Waals surface area contributed by atoms with Crippen LogP contribution in [0.25, 0.3) is 0 Å². The second kappa shape index (κ2) is 7.03. The smallest absolute Gasteiger partial charge is 0.351 e. The Balaban J connectivity index is 2.21. The first kappa shape index (κ1) is 18.6. The molecule has 0 aliphatic heterocycles. The number of aryl methyl sites for hydroxylation is 1. The van der Waals surface area contributed by atoms with E-state index in [0.29, 0.717) is 23.6 Å². The lowest BCUT2D eigenvalue weighted by molar-refractivity contribution is 0.202. The van der Waals surface area contributed by atoms with Crippen molar-refractivity contribution >= 4 is 51.1 Å². The molecular weight excluding hydrogens is 387 g/mol. The van der Waals surface area contributed by atoms with E-state index in [9.17, 15) is 13.2 Å². The number of fused-ring (bicyclic) bond motifs is 1. The molecule has 23 heavy (non-hydrogen) atoms. The molecular formula is C13H15Cl3N2O4S. The maximum atomic E-state index is 12.3. The molecule has 0 bridgehead atoms. The van der Waals surface area contributed by atoms with Crippen LogP contribution in [0.4, 0.5) is 4.79 Å². The van der Waals surface area contributed by atoms with Gasteiger partial charge in [-0.3, -0.25) is 0 Å². The lowest BCUT2D eigenvalue weighted by Gasteiger charge is -2.32. The number of primary amides is 1. The van der Waals surface area contributed by atoms with E-state index in [1.54, 1.807) is 0 Å². The molecule has 0 heterocycles. The largest absolute Gasteiger partial charge is 0.366 e. The monoisotopic (exact) mass is 400 g/mol. The van der Waals surface area contributed by atoms with Crippen molar-refractivity contribution < 1.29 is 17.4 Å². The summed E-state index contributed by atoms with van der Waals surface area (Å²) in [6.07, 6.45) is 1.43. The maximum Gasteiger partial charge on any atom is 0.366 e. The van der Waals surface area contributed by atoms with Gasteiger partial charge in [0.05, 0.1) is 6.04 Å². The first-order valence-electron chi connectivity index (χ1n) is 6.72. The number of urea groups is 1. The first-order valence-corrected chi connectivity index (χ1v) is 9.22. The summed E-state index contributed by atoms with van der Waals surface area (Å²) < 4.78 is 27.8. The zero-order valence-electron chi connectivity index (χ0n) is 11.9. The van der Waals surface area contributed by atoms with E-state index < -0.39 is 32.8 Å². The van der Waals surface area contributed by atoms with E-state index in [-0.39, 0.29) is 0 Å². The van der Waals surface area contributed by atoms with Crippen molar-refractivity contribution in [1.82, 2.24) is 4.31 Å². The van der Waals surface area contributed by atoms with Crippen molar-refractivity contribution in [3.63, 3.8) is 0 Å². The quantitative estimate of drug-likeness (QED) is 0.785. The van der Waals surface area contributed by atoms with Crippen LogP contribution >= 0.6 is 34.8 Å². The van der Waals surface area contributed by atoms with Gasteiger partial charge in [-0.2, -0.15) is 12.7 Å². The molecule has 1 aromatic carbocycles. The lowest BCUT2D eigenvalue weighted by Crippen LogP contribution is -2.50. The van der Waals surface area contributed by atoms with Crippen LogP contribution in [0, 0.1) is 0 Å². The summed E-state index contributed by atoms with van der Waals surface area (Å²) in [5, 5.41) is 0. The number of amides is 2. The van der Waals surface area contributed by atoms with Crippen LogP contribution in [0.5, 0.6) is 0 Å². The molecule has 128 valence electrons. The first-order chi connectivity index (χ1) is 10.6. The number of rotatable bonds is 4. The minimum absolute atomic E-state index is 0.357. The molecule has 1 atom stereocenters. The highest BCUT2D eigenvalue weighted by molar-refractivity contribution is 7.84. The summed E-state index contributed by atoms with van der Waals surface area (Å²) >= 11 is 16.4. The summed E-state index contributed by atoms with van der Waals surface area (Å²) in [4.78, 5) is 11.7. The predicted octanol–water partition coefficient (Wildman–Crippen LogP) is 2.56. The van der Waals surface area contributed by atoms with Gasteiger partial charge in [0, 0.05) is 0 Å². The molecule has 2 amide bonds. The van der Waals surface area contributed by atoms with Gasteiger partial charge in [-0.05, 0) is 30.4 Å². The van der Waals surface area contributed by atoms with Gasteiger partial charge < -0.3 is 5.73 Å². The molecule has 1 unspecified atom stereocenters. The third kappa shape index (κ3) is 4.87. The van der Waals surface area contributed by atoms with Gasteiger partial charge in [-0.15, -0.1) is 0 Å². The van der Waals surface area contributed by atoms with Gasteiger partial charge in [-0.25, -0.2) is 8.98 Å². The Kier molecular flexibility index (Phi) is 5.68. The van der Waals surface area contributed by atoms with E-state index in [2.05, 4.69) is 4.18 Å². The van der Waals surface area contributed by atoms with Crippen LogP contribution in [0.15, 0.2) is 24.3 Å². The number of alkyl halides is 3. The Hall–Kier alpha value is -0.730. The van der Waals surface area contributed by atoms with Crippen LogP contribution in [0.2, 0.25) is 0 Å². The minimum Gasteiger partial charge on any atom is -0.351 e. The second-order valence-corrected chi connectivity index (χ2v) is 9.14. The summed E-state index contributed by atoms with van der Waals surface area (Å²) in [7, 11) is -4.45. The third-order valence-corrected chi connectivity index (χ3v) is 5.19. The molecule has 1 aliphatic rings. The standard InChI is InChI=1S/C13H15Cl3N2O4S/c14-13(15,16)8-22-23(20,21)18(12(17)19)11-6-5-9-3-1-2-4-10(9)7-11/h1-4,11H,5-8H2,(H2,17,19). The topological polar surface area (TPSA) is 89.7 Å². The van der Waals surface area contributed by atoms with Gasteiger partial charge in [-0.1, -0.05) is 59.1 Å². The summed E-state index contributed by atoms with van der Waals surface area (Å²) in [5.41, 5.74) is 7.32. The summed E-state index contributed by atoms with van der Waals surface area (Å²) in [6.45, 7) is -0.715. The van der Waals surface area contributed by atoms with Gasteiger partial charge in [0.25, 0.3) is 0 Å². The van der Waals surface area contributed by atoms with Gasteiger partial charge in [0.2, 0.25) is 3.79 Å². The Labute approximate surface area is 149 Å². The highest BCUT2D eigenvalue weighted by atomic mass is 35.6. The van der Waals surface area contributed by atoms with Crippen molar-refractivity contribution in [2.75, 3.05) is 6.61 Å². The Morgan fingerprint density at radius 1 is 1.30 bits per heavy atom. The number of hydrogen-bond acceptors (Lipinski definition) is 4. The van der Waals surface area contributed by atoms with Crippen molar-refractivity contribution in [2.24, 2.45) is 5.73 Å². The van der Waals surface area contributed by atoms with Crippen LogP contribution in [0.3, 0.4) is 0 Å². The normalized spacial score (nSPS) is 18.3. The Morgan fingerprint density at radius 2 is 1.91 bits per heavy atom. The minimum atomic E-state index is -4.45. The zero-order valence-corrected chi connectivity index (χ0v) is 15.0. The van der Waals surface area contributed by atoms with Crippen LogP contribution in [-0.4, -0.2) is 35.2 Å². The number of halogens is 3. The fraction of sp³-hybridized carbons (Fsp3) is 0.462. The van der Waals surface area contributed by atoms with Crippen molar-refractivity contribution in [3.8, 4) is 0 Å². The van der Waals surface area contributed by atoms with Gasteiger partial charge in [0.15, 0.2) is 0 Å². The average molecular weight is 402 g/mol. The van der Waals surface area contributed by atoms with Gasteiger partial charge in [0.1, 0.15) is 6.61 Å². The molecule has 1 aliphatic carbocycles. The van der Waals surface area contributed by atoms with E-state index in [1.165, 1.54) is 0 Å². The molecule has 0 radical (unpaired) electrons. The second-order valence-electron chi connectivity index (χ2n) is 5.13. The number of carbonyl (C=O) groups is 1. The van der Waals surface area contributed by atoms with E-state index in [4.69, 9.17) is 40.5 Å². The molecule has 6 nitrogen and oxygen atoms in total. The molecule has 1 aromatic rings. The highest BCUT2D eigenvalue weighted by Gasteiger charge is 2.37. The Bertz CT molecular complexity index is 691. The zero-order chi connectivity index (χ0) is 17.3. The predicted molar refractivity (Wildman–Crippen MR) is 88.8 cm³/mol. The molecule has 2 rings (SSSR count). The van der Waals surface area contributed by atoms with Gasteiger partial charge >= 0.3 is 16.3 Å². The fourth-order valence-electron chi connectivity index (χ4n) is 2.55. The van der Waals surface area contributed by atoms with Crippen molar-refractivity contribution in [1.29, 1.82) is 0 Å². The number of carbonyl (C=O) groups excluding carboxylic acids is 1. The molecule has 0 saturated heterocycles. The number of benzene rings is 1. The molecule has 0 aromatic heterocycles. The lowest BCUT2D eigenvalue weighted by atomic mass is 9.88. The van der Waals surface area contributed by atoms with E-state index >= 15 is 0 Å². The summed E-state index contributed by atoms with van der Waals surface area (Å²) in [6, 6.07) is 5.85. The number of hydrogen-bond donors (Lipinski definition) is 1. The van der Waals surface area contributed by atoms with E-state index in [0.717, 1.165) is 11.1 Å². The summed E-state index contributed by atoms with van der Waals surface area (Å²) in [5.74, 6) is 0. The molecule has 0 spiro atoms. The average Bonchev–Trinajstić information content (AvgIpc) is 2.44. The molecule has 0 fully saturated rings. The number of nitrogens with zero attached hydrogens (tertiary/aromatic N) is 1. The van der Waals surface area contributed by atoms with Crippen LogP contribution < -0.4 is 5.73 Å². The van der Waals surface area contributed by atoms with Crippen LogP contribution in [-0.2, 0) is 27.3 Å². The Morgan fingerprint density at radius 3 is 2.48 bits per heavy atom. The van der Waals surface area contributed by atoms with Crippen molar-refractivity contribution in [3.05, 3.63) is 35.4 Å². The van der Waals surface area contributed by atoms with E-state index in [1.807, 2.05) is 24.3 Å². The molecule has 10 heteroatoms. The number of nitrogens with two attached hydrogens (primary N) is 1. The third-order valence-electron chi connectivity index (χ3n) is 3.48. The van der Waals surface area contributed by atoms with Crippen LogP contribution in [0.1, 0.15) is 17.5 Å².